The van der Waals surface area contributed by atoms with Crippen LogP contribution in [0.2, 0.25) is 0 Å². The minimum absolute atomic E-state index is 0.111. The van der Waals surface area contributed by atoms with Crippen molar-refractivity contribution in [3.8, 4) is 11.5 Å². The van der Waals surface area contributed by atoms with Gasteiger partial charge >= 0.3 is 0 Å². The van der Waals surface area contributed by atoms with Crippen LogP contribution in [-0.4, -0.2) is 64.7 Å². The molecule has 0 radical (unpaired) electrons. The van der Waals surface area contributed by atoms with Crippen LogP contribution in [0.4, 0.5) is 0 Å². The van der Waals surface area contributed by atoms with Crippen molar-refractivity contribution in [2.75, 3.05) is 26.2 Å². The van der Waals surface area contributed by atoms with Gasteiger partial charge in [0, 0.05) is 38.3 Å². The van der Waals surface area contributed by atoms with Crippen molar-refractivity contribution >= 4 is 15.9 Å². The fourth-order valence-corrected chi connectivity index (χ4v) is 6.71. The number of pyridine rings is 1. The van der Waals surface area contributed by atoms with Crippen molar-refractivity contribution in [1.29, 1.82) is 0 Å². The molecular weight excluding hydrogens is 414 g/mol. The van der Waals surface area contributed by atoms with E-state index in [4.69, 9.17) is 0 Å². The largest absolute Gasteiger partial charge is 0.340 e. The molecule has 0 N–H and O–H groups in total. The Kier molecular flexibility index (Phi) is 5.26. The Balaban J connectivity index is 1.26. The van der Waals surface area contributed by atoms with E-state index in [1.54, 1.807) is 25.3 Å². The van der Waals surface area contributed by atoms with Crippen molar-refractivity contribution in [2.45, 2.75) is 37.5 Å². The van der Waals surface area contributed by atoms with Gasteiger partial charge in [-0.1, -0.05) is 18.9 Å². The molecule has 3 fully saturated rings. The van der Waals surface area contributed by atoms with Gasteiger partial charge in [-0.15, -0.1) is 0 Å². The van der Waals surface area contributed by atoms with Crippen molar-refractivity contribution in [2.24, 2.45) is 17.8 Å². The summed E-state index contributed by atoms with van der Waals surface area (Å²) in [6, 6.07) is 5.43. The Morgan fingerprint density at radius 1 is 1.03 bits per heavy atom. The van der Waals surface area contributed by atoms with E-state index in [1.165, 1.54) is 36.2 Å². The second-order valence-electron chi connectivity index (χ2n) is 8.73. The van der Waals surface area contributed by atoms with Crippen molar-refractivity contribution in [3.05, 3.63) is 36.3 Å². The van der Waals surface area contributed by atoms with E-state index in [0.29, 0.717) is 55.2 Å². The van der Waals surface area contributed by atoms with Gasteiger partial charge in [-0.3, -0.25) is 9.78 Å². The zero-order chi connectivity index (χ0) is 21.6. The Labute approximate surface area is 182 Å². The van der Waals surface area contributed by atoms with Crippen LogP contribution in [-0.2, 0) is 14.8 Å². The average molecular weight is 442 g/mol. The minimum Gasteiger partial charge on any atom is -0.340 e. The van der Waals surface area contributed by atoms with Crippen LogP contribution in [0.1, 0.15) is 31.4 Å². The molecule has 31 heavy (non-hydrogen) atoms. The molecule has 2 aromatic heterocycles. The molecule has 1 aliphatic heterocycles. The number of piperazine rings is 1. The quantitative estimate of drug-likeness (QED) is 0.721. The molecule has 2 aliphatic carbocycles. The van der Waals surface area contributed by atoms with Crippen molar-refractivity contribution in [1.82, 2.24) is 24.2 Å². The number of sulfonamides is 1. The second kappa shape index (κ2) is 7.94. The Morgan fingerprint density at radius 2 is 1.74 bits per heavy atom. The number of hydrogen-bond donors (Lipinski definition) is 0. The van der Waals surface area contributed by atoms with Crippen LogP contribution in [0.3, 0.4) is 0 Å². The summed E-state index contributed by atoms with van der Waals surface area (Å²) in [4.78, 5) is 27.7. The third kappa shape index (κ3) is 3.74. The lowest BCUT2D eigenvalue weighted by Gasteiger charge is -2.34. The summed E-state index contributed by atoms with van der Waals surface area (Å²) in [5.74, 6) is 1.95. The topological polar surface area (TPSA) is 96.4 Å². The van der Waals surface area contributed by atoms with E-state index in [2.05, 4.69) is 15.0 Å². The van der Waals surface area contributed by atoms with Gasteiger partial charge in [0.1, 0.15) is 10.6 Å². The molecular formula is C22H27N5O3S. The number of carbonyl (C=O) groups is 1. The predicted octanol–water partition coefficient (Wildman–Crippen LogP) is 2.12. The molecule has 5 rings (SSSR count). The molecule has 164 valence electrons. The van der Waals surface area contributed by atoms with E-state index in [9.17, 15) is 13.2 Å². The van der Waals surface area contributed by atoms with Crippen LogP contribution in [0.5, 0.6) is 0 Å². The predicted molar refractivity (Wildman–Crippen MR) is 114 cm³/mol. The van der Waals surface area contributed by atoms with Gasteiger partial charge in [0.05, 0.1) is 11.9 Å². The lowest BCUT2D eigenvalue weighted by Crippen LogP contribution is -2.51. The standard InChI is InChI=1S/C22H27N5O3S/c1-15-19(14-24-21(25-15)18-8-4-5-9-23-18)31(29,30)27-12-10-26(11-13-27)22(28)20-16-6-2-3-7-17(16)20/h4-5,8-9,14,16-17,20H,2-3,6-7,10-13H2,1H3/t16-,17-/m1/s1. The molecule has 2 atom stereocenters. The molecule has 0 unspecified atom stereocenters. The molecule has 2 saturated carbocycles. The molecule has 1 saturated heterocycles. The van der Waals surface area contributed by atoms with Gasteiger partial charge in [0.25, 0.3) is 0 Å². The molecule has 0 aromatic carbocycles. The summed E-state index contributed by atoms with van der Waals surface area (Å²) in [6.07, 6.45) is 7.82. The molecule has 0 bridgehead atoms. The molecule has 2 aromatic rings. The maximum atomic E-state index is 13.2. The first-order valence-corrected chi connectivity index (χ1v) is 12.4. The zero-order valence-electron chi connectivity index (χ0n) is 17.6. The van der Waals surface area contributed by atoms with Crippen LogP contribution in [0.25, 0.3) is 11.5 Å². The van der Waals surface area contributed by atoms with E-state index >= 15 is 0 Å². The lowest BCUT2D eigenvalue weighted by molar-refractivity contribution is -0.134. The maximum Gasteiger partial charge on any atom is 0.246 e. The van der Waals surface area contributed by atoms with Gasteiger partial charge in [0.2, 0.25) is 15.9 Å². The Bertz CT molecular complexity index is 1070. The fourth-order valence-electron chi connectivity index (χ4n) is 5.19. The Morgan fingerprint density at radius 3 is 2.35 bits per heavy atom. The van der Waals surface area contributed by atoms with Crippen LogP contribution in [0.15, 0.2) is 35.5 Å². The number of hydrogen-bond acceptors (Lipinski definition) is 6. The zero-order valence-corrected chi connectivity index (χ0v) is 18.5. The summed E-state index contributed by atoms with van der Waals surface area (Å²) in [5, 5.41) is 0. The smallest absolute Gasteiger partial charge is 0.246 e. The van der Waals surface area contributed by atoms with E-state index < -0.39 is 10.0 Å². The monoisotopic (exact) mass is 441 g/mol. The molecule has 3 heterocycles. The summed E-state index contributed by atoms with van der Waals surface area (Å²) < 4.78 is 27.9. The highest BCUT2D eigenvalue weighted by atomic mass is 32.2. The van der Waals surface area contributed by atoms with Crippen LogP contribution in [0, 0.1) is 24.7 Å². The lowest BCUT2D eigenvalue weighted by atomic mass is 10.0. The first-order valence-electron chi connectivity index (χ1n) is 11.0. The number of aryl methyl sites for hydroxylation is 1. The molecule has 9 heteroatoms. The summed E-state index contributed by atoms with van der Waals surface area (Å²) in [6.45, 7) is 3.17. The Hall–Kier alpha value is -2.39. The molecule has 1 amide bonds. The maximum absolute atomic E-state index is 13.2. The molecule has 3 aliphatic rings. The number of fused-ring (bicyclic) bond motifs is 1. The third-order valence-electron chi connectivity index (χ3n) is 6.94. The number of nitrogens with zero attached hydrogens (tertiary/aromatic N) is 5. The normalized spacial score (nSPS) is 26.4. The van der Waals surface area contributed by atoms with E-state index in [1.807, 2.05) is 11.0 Å². The summed E-state index contributed by atoms with van der Waals surface area (Å²) >= 11 is 0. The fraction of sp³-hybridized carbons (Fsp3) is 0.545. The van der Waals surface area contributed by atoms with E-state index in [0.717, 1.165) is 0 Å². The first kappa shape index (κ1) is 20.5. The van der Waals surface area contributed by atoms with Crippen molar-refractivity contribution < 1.29 is 13.2 Å². The summed E-state index contributed by atoms with van der Waals surface area (Å²) in [7, 11) is -3.72. The van der Waals surface area contributed by atoms with Gasteiger partial charge in [-0.2, -0.15) is 4.31 Å². The number of rotatable bonds is 4. The average Bonchev–Trinajstić information content (AvgIpc) is 3.53. The SMILES string of the molecule is Cc1nc(-c2ccccn2)ncc1S(=O)(=O)N1CCN(C(=O)C2[C@@H]3CCCC[C@@H]23)CC1. The van der Waals surface area contributed by atoms with Gasteiger partial charge in [-0.25, -0.2) is 18.4 Å². The highest BCUT2D eigenvalue weighted by Crippen LogP contribution is 2.56. The van der Waals surface area contributed by atoms with Crippen LogP contribution >= 0.6 is 0 Å². The summed E-state index contributed by atoms with van der Waals surface area (Å²) in [5.41, 5.74) is 0.999. The first-order chi connectivity index (χ1) is 15.0. The van der Waals surface area contributed by atoms with Crippen molar-refractivity contribution in [3.63, 3.8) is 0 Å². The highest BCUT2D eigenvalue weighted by Gasteiger charge is 2.56. The van der Waals surface area contributed by atoms with Gasteiger partial charge in [-0.05, 0) is 43.7 Å². The van der Waals surface area contributed by atoms with Gasteiger partial charge < -0.3 is 4.90 Å². The number of aromatic nitrogens is 3. The van der Waals surface area contributed by atoms with Gasteiger partial charge in [0.15, 0.2) is 5.82 Å². The molecule has 8 nitrogen and oxygen atoms in total. The van der Waals surface area contributed by atoms with E-state index in [-0.39, 0.29) is 16.7 Å². The molecule has 0 spiro atoms. The number of amides is 1. The third-order valence-corrected chi connectivity index (χ3v) is 8.94. The highest BCUT2D eigenvalue weighted by molar-refractivity contribution is 7.89. The second-order valence-corrected chi connectivity index (χ2v) is 10.6. The van der Waals surface area contributed by atoms with Crippen LogP contribution < -0.4 is 0 Å². The minimum atomic E-state index is -3.72. The number of carbonyl (C=O) groups excluding carboxylic acids is 1.